The number of phosphoric acid groups is 1. The van der Waals surface area contributed by atoms with Crippen molar-refractivity contribution >= 4 is 19.8 Å². The zero-order valence-electron chi connectivity index (χ0n) is 32.9. The first kappa shape index (κ1) is 49.8. The molecule has 1 unspecified atom stereocenters. The molecule has 0 aromatic carbocycles. The van der Waals surface area contributed by atoms with Crippen molar-refractivity contribution < 1.29 is 37.9 Å². The smallest absolute Gasteiger partial charge is 0.462 e. The molecule has 0 aliphatic heterocycles. The van der Waals surface area contributed by atoms with E-state index in [1.165, 1.54) is 83.5 Å². The highest BCUT2D eigenvalue weighted by Gasteiger charge is 2.22. The molecule has 1 atom stereocenters. The van der Waals surface area contributed by atoms with Gasteiger partial charge in [-0.3, -0.25) is 14.1 Å². The van der Waals surface area contributed by atoms with E-state index in [9.17, 15) is 14.2 Å². The van der Waals surface area contributed by atoms with Crippen LogP contribution in [0.2, 0.25) is 0 Å². The molecule has 0 spiro atoms. The fourth-order valence-electron chi connectivity index (χ4n) is 5.48. The van der Waals surface area contributed by atoms with Gasteiger partial charge in [-0.1, -0.05) is 152 Å². The zero-order valence-corrected chi connectivity index (χ0v) is 33.8. The Morgan fingerprint density at radius 1 is 0.519 bits per heavy atom. The van der Waals surface area contributed by atoms with Gasteiger partial charge in [0.05, 0.1) is 6.61 Å². The van der Waals surface area contributed by atoms with Gasteiger partial charge < -0.3 is 19.3 Å². The van der Waals surface area contributed by atoms with Gasteiger partial charge in [-0.15, -0.1) is 0 Å². The second-order valence-corrected chi connectivity index (χ2v) is 14.8. The minimum Gasteiger partial charge on any atom is -0.462 e. The largest absolute Gasteiger partial charge is 0.469 e. The minimum atomic E-state index is -4.77. The third-order valence-electron chi connectivity index (χ3n) is 8.52. The van der Waals surface area contributed by atoms with Crippen LogP contribution in [0.5, 0.6) is 0 Å². The number of carbonyl (C=O) groups is 2. The SMILES string of the molecule is CC/C=C\C/C=C\C/C=C\C/C=C\CCCCC(=O)OC(COC(=O)CCCCCCCCCCC/C=C\CCCCCCCC)COP(=O)(O)O. The molecule has 0 fully saturated rings. The fourth-order valence-corrected chi connectivity index (χ4v) is 5.84. The maximum atomic E-state index is 12.4. The highest BCUT2D eigenvalue weighted by molar-refractivity contribution is 7.46. The molecule has 0 bridgehead atoms. The van der Waals surface area contributed by atoms with Crippen LogP contribution in [0.1, 0.15) is 181 Å². The zero-order chi connectivity index (χ0) is 38.2. The molecular weight excluding hydrogens is 675 g/mol. The Morgan fingerprint density at radius 2 is 0.923 bits per heavy atom. The summed E-state index contributed by atoms with van der Waals surface area (Å²) in [5.41, 5.74) is 0. The number of phosphoric ester groups is 1. The van der Waals surface area contributed by atoms with E-state index in [4.69, 9.17) is 19.3 Å². The molecule has 52 heavy (non-hydrogen) atoms. The predicted octanol–water partition coefficient (Wildman–Crippen LogP) is 12.5. The van der Waals surface area contributed by atoms with Crippen LogP contribution in [0, 0.1) is 0 Å². The highest BCUT2D eigenvalue weighted by Crippen LogP contribution is 2.36. The summed E-state index contributed by atoms with van der Waals surface area (Å²) in [4.78, 5) is 42.8. The average molecular weight is 751 g/mol. The monoisotopic (exact) mass is 751 g/mol. The second kappa shape index (κ2) is 38.5. The van der Waals surface area contributed by atoms with Gasteiger partial charge >= 0.3 is 19.8 Å². The molecule has 0 heterocycles. The van der Waals surface area contributed by atoms with Gasteiger partial charge in [0.25, 0.3) is 0 Å². The summed E-state index contributed by atoms with van der Waals surface area (Å²) in [5, 5.41) is 0. The predicted molar refractivity (Wildman–Crippen MR) is 216 cm³/mol. The van der Waals surface area contributed by atoms with Crippen LogP contribution in [0.4, 0.5) is 0 Å². The van der Waals surface area contributed by atoms with E-state index in [1.54, 1.807) is 0 Å². The van der Waals surface area contributed by atoms with Crippen molar-refractivity contribution in [2.75, 3.05) is 13.2 Å². The van der Waals surface area contributed by atoms with Crippen molar-refractivity contribution in [2.45, 2.75) is 187 Å². The first-order valence-corrected chi connectivity index (χ1v) is 22.1. The number of unbranched alkanes of at least 4 members (excludes halogenated alkanes) is 17. The van der Waals surface area contributed by atoms with Crippen molar-refractivity contribution in [2.24, 2.45) is 0 Å². The van der Waals surface area contributed by atoms with Gasteiger partial charge in [0.1, 0.15) is 6.61 Å². The lowest BCUT2D eigenvalue weighted by atomic mass is 10.1. The molecule has 2 N–H and O–H groups in total. The molecule has 0 saturated heterocycles. The lowest BCUT2D eigenvalue weighted by Gasteiger charge is -2.18. The molecule has 0 rings (SSSR count). The third kappa shape index (κ3) is 40.5. The number of ether oxygens (including phenoxy) is 2. The maximum Gasteiger partial charge on any atom is 0.469 e. The Hall–Kier alpha value is -2.25. The summed E-state index contributed by atoms with van der Waals surface area (Å²) in [6, 6.07) is 0. The number of hydrogen-bond donors (Lipinski definition) is 2. The van der Waals surface area contributed by atoms with Gasteiger partial charge in [-0.25, -0.2) is 4.57 Å². The quantitative estimate of drug-likeness (QED) is 0.0279. The van der Waals surface area contributed by atoms with E-state index < -0.39 is 32.5 Å². The summed E-state index contributed by atoms with van der Waals surface area (Å²) in [7, 11) is -4.77. The Morgan fingerprint density at radius 3 is 1.44 bits per heavy atom. The van der Waals surface area contributed by atoms with E-state index in [-0.39, 0.29) is 19.4 Å². The molecule has 0 saturated carbocycles. The minimum absolute atomic E-state index is 0.157. The number of allylic oxidation sites excluding steroid dienone is 10. The Balaban J connectivity index is 3.97. The van der Waals surface area contributed by atoms with E-state index in [1.807, 2.05) is 0 Å². The van der Waals surface area contributed by atoms with Gasteiger partial charge in [-0.2, -0.15) is 0 Å². The molecule has 0 amide bonds. The average Bonchev–Trinajstić information content (AvgIpc) is 3.11. The number of hydrogen-bond acceptors (Lipinski definition) is 6. The van der Waals surface area contributed by atoms with Crippen molar-refractivity contribution in [3.05, 3.63) is 60.8 Å². The van der Waals surface area contributed by atoms with Gasteiger partial charge in [0.15, 0.2) is 6.10 Å². The summed E-state index contributed by atoms with van der Waals surface area (Å²) < 4.78 is 26.3. The van der Waals surface area contributed by atoms with Crippen LogP contribution in [0.25, 0.3) is 0 Å². The van der Waals surface area contributed by atoms with Crippen LogP contribution in [0.3, 0.4) is 0 Å². The maximum absolute atomic E-state index is 12.4. The van der Waals surface area contributed by atoms with Crippen molar-refractivity contribution in [1.82, 2.24) is 0 Å². The van der Waals surface area contributed by atoms with E-state index in [0.29, 0.717) is 12.8 Å². The molecule has 0 aliphatic rings. The van der Waals surface area contributed by atoms with Crippen LogP contribution >= 0.6 is 7.82 Å². The molecule has 0 radical (unpaired) electrons. The van der Waals surface area contributed by atoms with Crippen molar-refractivity contribution in [3.63, 3.8) is 0 Å². The van der Waals surface area contributed by atoms with Gasteiger partial charge in [-0.05, 0) is 77.0 Å². The lowest BCUT2D eigenvalue weighted by molar-refractivity contribution is -0.161. The van der Waals surface area contributed by atoms with E-state index >= 15 is 0 Å². The molecule has 300 valence electrons. The van der Waals surface area contributed by atoms with E-state index in [2.05, 4.69) is 79.1 Å². The van der Waals surface area contributed by atoms with Crippen LogP contribution in [-0.4, -0.2) is 41.0 Å². The summed E-state index contributed by atoms with van der Waals surface area (Å²) in [6.07, 6.45) is 48.0. The first-order chi connectivity index (χ1) is 25.3. The molecule has 0 aliphatic carbocycles. The summed E-state index contributed by atoms with van der Waals surface area (Å²) >= 11 is 0. The highest BCUT2D eigenvalue weighted by atomic mass is 31.2. The molecule has 9 heteroatoms. The van der Waals surface area contributed by atoms with Crippen LogP contribution < -0.4 is 0 Å². The summed E-state index contributed by atoms with van der Waals surface area (Å²) in [6.45, 7) is 3.53. The Bertz CT molecular complexity index is 1030. The normalized spacial score (nSPS) is 13.1. The van der Waals surface area contributed by atoms with Gasteiger partial charge in [0, 0.05) is 12.8 Å². The topological polar surface area (TPSA) is 119 Å². The number of rotatable bonds is 37. The molecular formula is C43H75O8P. The molecule has 8 nitrogen and oxygen atoms in total. The third-order valence-corrected chi connectivity index (χ3v) is 9.01. The standard InChI is InChI=1S/C43H75O8P/c1-3-5-7-9-11-13-15-17-19-20-21-22-24-25-27-29-31-33-35-37-42(44)49-39-41(40-50-52(46,47)48)51-43(45)38-36-34-32-30-28-26-23-18-16-14-12-10-8-6-4-2/h6,8,12,14,17-19,23,28,30,41H,3-5,7,9-11,13,15-16,20-22,24-27,29,31-40H2,1-2H3,(H2,46,47,48)/b8-6-,14-12-,19-17-,23-18-,30-28-. The van der Waals surface area contributed by atoms with E-state index in [0.717, 1.165) is 57.8 Å². The first-order valence-electron chi connectivity index (χ1n) is 20.6. The number of esters is 2. The van der Waals surface area contributed by atoms with Crippen molar-refractivity contribution in [1.29, 1.82) is 0 Å². The molecule has 0 aromatic rings. The fraction of sp³-hybridized carbons (Fsp3) is 0.721. The van der Waals surface area contributed by atoms with Crippen LogP contribution in [-0.2, 0) is 28.2 Å². The Kier molecular flexibility index (Phi) is 36.8. The lowest BCUT2D eigenvalue weighted by Crippen LogP contribution is -2.29. The van der Waals surface area contributed by atoms with Crippen LogP contribution in [0.15, 0.2) is 60.8 Å². The molecule has 0 aromatic heterocycles. The number of carbonyl (C=O) groups excluding carboxylic acids is 2. The Labute approximate surface area is 317 Å². The van der Waals surface area contributed by atoms with Crippen molar-refractivity contribution in [3.8, 4) is 0 Å². The summed E-state index contributed by atoms with van der Waals surface area (Å²) in [5.74, 6) is -0.938. The van der Waals surface area contributed by atoms with Gasteiger partial charge in [0.2, 0.25) is 0 Å². The second-order valence-electron chi connectivity index (χ2n) is 13.6.